The van der Waals surface area contributed by atoms with Crippen molar-refractivity contribution in [3.63, 3.8) is 0 Å². The van der Waals surface area contributed by atoms with Gasteiger partial charge in [-0.15, -0.1) is 0 Å². The van der Waals surface area contributed by atoms with E-state index in [0.717, 1.165) is 19.1 Å². The number of rotatable bonds is 4. The van der Waals surface area contributed by atoms with Crippen molar-refractivity contribution in [3.05, 3.63) is 0 Å². The fourth-order valence-electron chi connectivity index (χ4n) is 2.79. The fourth-order valence-corrected chi connectivity index (χ4v) is 2.79. The Hall–Kier alpha value is -0.860. The molecule has 0 bridgehead atoms. The molecule has 2 atom stereocenters. The molecule has 0 amide bonds. The summed E-state index contributed by atoms with van der Waals surface area (Å²) >= 11 is 0. The number of ether oxygens (including phenoxy) is 1. The molecule has 0 aromatic heterocycles. The first kappa shape index (κ1) is 12.2. The van der Waals surface area contributed by atoms with Crippen molar-refractivity contribution >= 4 is 12.3 Å². The van der Waals surface area contributed by atoms with E-state index in [0.29, 0.717) is 13.0 Å². The number of carbonyl (C=O) groups is 2. The van der Waals surface area contributed by atoms with Crippen molar-refractivity contribution in [3.8, 4) is 0 Å². The fraction of sp³-hybridized carbons (Fsp3) is 0.833. The van der Waals surface area contributed by atoms with Gasteiger partial charge in [0, 0.05) is 6.42 Å². The molecule has 0 aromatic carbocycles. The SMILES string of the molecule is CCOC(=O)C1(CC=O)C(C)CCC1C. The zero-order chi connectivity index (χ0) is 11.5. The highest BCUT2D eigenvalue weighted by molar-refractivity contribution is 5.81. The maximum atomic E-state index is 12.0. The quantitative estimate of drug-likeness (QED) is 0.530. The van der Waals surface area contributed by atoms with Crippen molar-refractivity contribution in [2.75, 3.05) is 6.61 Å². The van der Waals surface area contributed by atoms with Crippen LogP contribution in [0.2, 0.25) is 0 Å². The van der Waals surface area contributed by atoms with E-state index in [1.54, 1.807) is 6.92 Å². The van der Waals surface area contributed by atoms with Crippen LogP contribution in [0.15, 0.2) is 0 Å². The normalized spacial score (nSPS) is 35.1. The molecule has 0 radical (unpaired) electrons. The van der Waals surface area contributed by atoms with Gasteiger partial charge >= 0.3 is 5.97 Å². The Kier molecular flexibility index (Phi) is 3.89. The molecule has 0 heterocycles. The Morgan fingerprint density at radius 1 is 1.40 bits per heavy atom. The number of carbonyl (C=O) groups excluding carboxylic acids is 2. The van der Waals surface area contributed by atoms with Gasteiger partial charge in [0.05, 0.1) is 12.0 Å². The third-order valence-corrected chi connectivity index (χ3v) is 3.87. The molecule has 1 aliphatic carbocycles. The van der Waals surface area contributed by atoms with Gasteiger partial charge in [0.25, 0.3) is 0 Å². The average Bonchev–Trinajstić information content (AvgIpc) is 2.47. The number of hydrogen-bond acceptors (Lipinski definition) is 3. The molecule has 3 nitrogen and oxygen atoms in total. The minimum atomic E-state index is -0.558. The lowest BCUT2D eigenvalue weighted by Crippen LogP contribution is -2.40. The summed E-state index contributed by atoms with van der Waals surface area (Å²) in [5.41, 5.74) is -0.558. The first-order chi connectivity index (χ1) is 7.09. The number of esters is 1. The monoisotopic (exact) mass is 212 g/mol. The summed E-state index contributed by atoms with van der Waals surface area (Å²) in [6.07, 6.45) is 3.17. The minimum Gasteiger partial charge on any atom is -0.466 e. The summed E-state index contributed by atoms with van der Waals surface area (Å²) in [4.78, 5) is 22.8. The zero-order valence-corrected chi connectivity index (χ0v) is 9.79. The Balaban J connectivity index is 2.95. The molecule has 1 aliphatic rings. The predicted molar refractivity (Wildman–Crippen MR) is 57.3 cm³/mol. The van der Waals surface area contributed by atoms with E-state index in [1.807, 2.05) is 13.8 Å². The van der Waals surface area contributed by atoms with Crippen LogP contribution in [0.25, 0.3) is 0 Å². The molecular formula is C12H20O3. The summed E-state index contributed by atoms with van der Waals surface area (Å²) in [6.45, 7) is 6.28. The molecule has 1 fully saturated rings. The summed E-state index contributed by atoms with van der Waals surface area (Å²) in [6, 6.07) is 0. The summed E-state index contributed by atoms with van der Waals surface area (Å²) < 4.78 is 5.12. The molecular weight excluding hydrogens is 192 g/mol. The van der Waals surface area contributed by atoms with Crippen molar-refractivity contribution in [2.24, 2.45) is 17.3 Å². The Labute approximate surface area is 91.2 Å². The van der Waals surface area contributed by atoms with Crippen LogP contribution >= 0.6 is 0 Å². The summed E-state index contributed by atoms with van der Waals surface area (Å²) in [5, 5.41) is 0. The van der Waals surface area contributed by atoms with Crippen LogP contribution < -0.4 is 0 Å². The van der Waals surface area contributed by atoms with Crippen LogP contribution in [0.3, 0.4) is 0 Å². The van der Waals surface area contributed by atoms with E-state index in [-0.39, 0.29) is 17.8 Å². The van der Waals surface area contributed by atoms with Gasteiger partial charge in [-0.2, -0.15) is 0 Å². The van der Waals surface area contributed by atoms with E-state index >= 15 is 0 Å². The van der Waals surface area contributed by atoms with Crippen molar-refractivity contribution in [2.45, 2.75) is 40.0 Å². The summed E-state index contributed by atoms with van der Waals surface area (Å²) in [5.74, 6) is 0.308. The van der Waals surface area contributed by atoms with E-state index < -0.39 is 5.41 Å². The largest absolute Gasteiger partial charge is 0.466 e. The van der Waals surface area contributed by atoms with Gasteiger partial charge in [-0.3, -0.25) is 4.79 Å². The summed E-state index contributed by atoms with van der Waals surface area (Å²) in [7, 11) is 0. The second kappa shape index (κ2) is 4.77. The first-order valence-corrected chi connectivity index (χ1v) is 5.70. The Morgan fingerprint density at radius 2 is 1.93 bits per heavy atom. The molecule has 86 valence electrons. The van der Waals surface area contributed by atoms with Crippen molar-refractivity contribution < 1.29 is 14.3 Å². The van der Waals surface area contributed by atoms with Gasteiger partial charge < -0.3 is 9.53 Å². The highest BCUT2D eigenvalue weighted by atomic mass is 16.5. The molecule has 0 spiro atoms. The van der Waals surface area contributed by atoms with E-state index in [4.69, 9.17) is 4.74 Å². The van der Waals surface area contributed by atoms with Crippen LogP contribution in [-0.2, 0) is 14.3 Å². The second-order valence-corrected chi connectivity index (χ2v) is 4.51. The average molecular weight is 212 g/mol. The van der Waals surface area contributed by atoms with Crippen LogP contribution in [-0.4, -0.2) is 18.9 Å². The molecule has 0 aromatic rings. The third-order valence-electron chi connectivity index (χ3n) is 3.87. The zero-order valence-electron chi connectivity index (χ0n) is 9.79. The van der Waals surface area contributed by atoms with Crippen LogP contribution in [0.4, 0.5) is 0 Å². The predicted octanol–water partition coefficient (Wildman–Crippen LogP) is 2.19. The number of hydrogen-bond donors (Lipinski definition) is 0. The van der Waals surface area contributed by atoms with E-state index in [1.165, 1.54) is 0 Å². The lowest BCUT2D eigenvalue weighted by Gasteiger charge is -2.33. The standard InChI is InChI=1S/C12H20O3/c1-4-15-11(14)12(7-8-13)9(2)5-6-10(12)3/h8-10H,4-7H2,1-3H3. The maximum absolute atomic E-state index is 12.0. The van der Waals surface area contributed by atoms with E-state index in [2.05, 4.69) is 0 Å². The molecule has 0 aliphatic heterocycles. The Bertz CT molecular complexity index is 237. The lowest BCUT2D eigenvalue weighted by atomic mass is 9.71. The van der Waals surface area contributed by atoms with Gasteiger partial charge in [0.2, 0.25) is 0 Å². The topological polar surface area (TPSA) is 43.4 Å². The maximum Gasteiger partial charge on any atom is 0.313 e. The lowest BCUT2D eigenvalue weighted by molar-refractivity contribution is -0.161. The van der Waals surface area contributed by atoms with Crippen molar-refractivity contribution in [1.82, 2.24) is 0 Å². The molecule has 1 rings (SSSR count). The molecule has 3 heteroatoms. The van der Waals surface area contributed by atoms with Gasteiger partial charge in [0.15, 0.2) is 0 Å². The van der Waals surface area contributed by atoms with E-state index in [9.17, 15) is 9.59 Å². The van der Waals surface area contributed by atoms with Crippen molar-refractivity contribution in [1.29, 1.82) is 0 Å². The first-order valence-electron chi connectivity index (χ1n) is 5.70. The highest BCUT2D eigenvalue weighted by Gasteiger charge is 2.52. The molecule has 15 heavy (non-hydrogen) atoms. The van der Waals surface area contributed by atoms with Gasteiger partial charge in [0.1, 0.15) is 6.29 Å². The van der Waals surface area contributed by atoms with Crippen LogP contribution in [0.1, 0.15) is 40.0 Å². The molecule has 2 unspecified atom stereocenters. The van der Waals surface area contributed by atoms with Gasteiger partial charge in [-0.25, -0.2) is 0 Å². The molecule has 0 saturated heterocycles. The van der Waals surface area contributed by atoms with Crippen LogP contribution in [0.5, 0.6) is 0 Å². The third kappa shape index (κ3) is 1.92. The molecule has 0 N–H and O–H groups in total. The smallest absolute Gasteiger partial charge is 0.313 e. The van der Waals surface area contributed by atoms with Gasteiger partial charge in [-0.05, 0) is 31.6 Å². The minimum absolute atomic E-state index is 0.186. The Morgan fingerprint density at radius 3 is 2.33 bits per heavy atom. The van der Waals surface area contributed by atoms with Gasteiger partial charge in [-0.1, -0.05) is 13.8 Å². The second-order valence-electron chi connectivity index (χ2n) is 4.51. The molecule has 1 saturated carbocycles. The van der Waals surface area contributed by atoms with Crippen LogP contribution in [0, 0.1) is 17.3 Å². The highest BCUT2D eigenvalue weighted by Crippen LogP contribution is 2.50. The number of aldehydes is 1.